The number of nitrogens with one attached hydrogen (secondary N) is 3. The van der Waals surface area contributed by atoms with Crippen LogP contribution in [0.25, 0.3) is 0 Å². The third-order valence-electron chi connectivity index (χ3n) is 3.70. The van der Waals surface area contributed by atoms with Gasteiger partial charge in [-0.05, 0) is 18.2 Å². The SMILES string of the molecule is O=C(CCC(=O)OCC(=O)Nc1cccc([N+](=O)[O-])c1)NNC(=O)c1ccccc1Cl. The fourth-order valence-corrected chi connectivity index (χ4v) is 2.45. The Morgan fingerprint density at radius 3 is 2.42 bits per heavy atom. The topological polar surface area (TPSA) is 157 Å². The van der Waals surface area contributed by atoms with Crippen molar-refractivity contribution in [2.24, 2.45) is 0 Å². The van der Waals surface area contributed by atoms with E-state index in [0.29, 0.717) is 0 Å². The molecule has 0 bridgehead atoms. The Balaban J connectivity index is 1.68. The van der Waals surface area contributed by atoms with Gasteiger partial charge in [-0.15, -0.1) is 0 Å². The summed E-state index contributed by atoms with van der Waals surface area (Å²) in [6, 6.07) is 11.5. The van der Waals surface area contributed by atoms with Crippen molar-refractivity contribution >= 4 is 46.7 Å². The van der Waals surface area contributed by atoms with Crippen molar-refractivity contribution in [3.05, 3.63) is 69.2 Å². The Kier molecular flexibility index (Phi) is 8.46. The van der Waals surface area contributed by atoms with Crippen molar-refractivity contribution in [1.82, 2.24) is 10.9 Å². The maximum atomic E-state index is 11.9. The van der Waals surface area contributed by atoms with Crippen molar-refractivity contribution in [1.29, 1.82) is 0 Å². The van der Waals surface area contributed by atoms with Gasteiger partial charge in [-0.1, -0.05) is 29.8 Å². The highest BCUT2D eigenvalue weighted by molar-refractivity contribution is 6.33. The van der Waals surface area contributed by atoms with E-state index in [1.807, 2.05) is 0 Å². The molecule has 2 aromatic carbocycles. The number of nitro benzene ring substituents is 1. The molecule has 3 N–H and O–H groups in total. The normalized spacial score (nSPS) is 9.97. The average Bonchev–Trinajstić information content (AvgIpc) is 2.75. The van der Waals surface area contributed by atoms with Gasteiger partial charge in [0.2, 0.25) is 5.91 Å². The van der Waals surface area contributed by atoms with Crippen LogP contribution in [0.4, 0.5) is 11.4 Å². The van der Waals surface area contributed by atoms with Crippen LogP contribution >= 0.6 is 11.6 Å². The monoisotopic (exact) mass is 448 g/mol. The fraction of sp³-hybridized carbons (Fsp3) is 0.158. The van der Waals surface area contributed by atoms with Crippen LogP contribution in [-0.4, -0.2) is 35.2 Å². The molecule has 12 heteroatoms. The molecule has 0 unspecified atom stereocenters. The van der Waals surface area contributed by atoms with Crippen molar-refractivity contribution < 1.29 is 28.8 Å². The summed E-state index contributed by atoms with van der Waals surface area (Å²) in [5.74, 6) is -2.80. The molecule has 3 amide bonds. The van der Waals surface area contributed by atoms with Gasteiger partial charge >= 0.3 is 5.97 Å². The summed E-state index contributed by atoms with van der Waals surface area (Å²) in [5, 5.41) is 13.3. The second kappa shape index (κ2) is 11.3. The van der Waals surface area contributed by atoms with E-state index in [9.17, 15) is 29.3 Å². The maximum absolute atomic E-state index is 11.9. The second-order valence-electron chi connectivity index (χ2n) is 6.00. The highest BCUT2D eigenvalue weighted by Gasteiger charge is 2.14. The van der Waals surface area contributed by atoms with E-state index >= 15 is 0 Å². The zero-order valence-corrected chi connectivity index (χ0v) is 16.7. The lowest BCUT2D eigenvalue weighted by Gasteiger charge is -2.09. The molecular formula is C19H17ClN4O7. The van der Waals surface area contributed by atoms with Gasteiger partial charge in [0.05, 0.1) is 21.9 Å². The highest BCUT2D eigenvalue weighted by atomic mass is 35.5. The minimum atomic E-state index is -0.818. The van der Waals surface area contributed by atoms with Crippen LogP contribution in [0.5, 0.6) is 0 Å². The number of hydrogen-bond donors (Lipinski definition) is 3. The van der Waals surface area contributed by atoms with Gasteiger partial charge in [0.25, 0.3) is 17.5 Å². The molecule has 2 aromatic rings. The molecule has 0 radical (unpaired) electrons. The van der Waals surface area contributed by atoms with Gasteiger partial charge in [0.15, 0.2) is 6.61 Å². The second-order valence-corrected chi connectivity index (χ2v) is 6.41. The summed E-state index contributed by atoms with van der Waals surface area (Å²) in [5.41, 5.74) is 4.43. The number of ether oxygens (including phenoxy) is 1. The van der Waals surface area contributed by atoms with E-state index in [1.165, 1.54) is 30.3 Å². The number of carbonyl (C=O) groups is 4. The minimum absolute atomic E-state index is 0.165. The summed E-state index contributed by atoms with van der Waals surface area (Å²) < 4.78 is 4.75. The molecule has 0 atom stereocenters. The van der Waals surface area contributed by atoms with E-state index in [0.717, 1.165) is 6.07 Å². The predicted octanol–water partition coefficient (Wildman–Crippen LogP) is 1.97. The van der Waals surface area contributed by atoms with Crippen molar-refractivity contribution in [2.75, 3.05) is 11.9 Å². The van der Waals surface area contributed by atoms with E-state index in [-0.39, 0.29) is 34.8 Å². The number of rotatable bonds is 8. The average molecular weight is 449 g/mol. The zero-order chi connectivity index (χ0) is 22.8. The number of esters is 1. The van der Waals surface area contributed by atoms with Crippen LogP contribution < -0.4 is 16.2 Å². The van der Waals surface area contributed by atoms with E-state index in [4.69, 9.17) is 16.3 Å². The van der Waals surface area contributed by atoms with Gasteiger partial charge in [0.1, 0.15) is 0 Å². The number of carbonyl (C=O) groups excluding carboxylic acids is 4. The summed E-state index contributed by atoms with van der Waals surface area (Å²) >= 11 is 5.87. The number of halogens is 1. The molecule has 0 heterocycles. The lowest BCUT2D eigenvalue weighted by atomic mass is 10.2. The van der Waals surface area contributed by atoms with Crippen molar-refractivity contribution in [2.45, 2.75) is 12.8 Å². The molecule has 0 aliphatic heterocycles. The van der Waals surface area contributed by atoms with Crippen LogP contribution in [0.3, 0.4) is 0 Å². The van der Waals surface area contributed by atoms with Gasteiger partial charge in [-0.2, -0.15) is 0 Å². The number of benzene rings is 2. The van der Waals surface area contributed by atoms with Crippen molar-refractivity contribution in [3.8, 4) is 0 Å². The van der Waals surface area contributed by atoms with Crippen LogP contribution in [-0.2, 0) is 19.1 Å². The molecule has 0 aliphatic rings. The van der Waals surface area contributed by atoms with Gasteiger partial charge < -0.3 is 10.1 Å². The Bertz CT molecular complexity index is 1010. The van der Waals surface area contributed by atoms with E-state index < -0.39 is 35.2 Å². The molecule has 0 saturated carbocycles. The Morgan fingerprint density at radius 1 is 0.968 bits per heavy atom. The molecule has 0 aromatic heterocycles. The number of anilines is 1. The van der Waals surface area contributed by atoms with Gasteiger partial charge in [-0.25, -0.2) is 0 Å². The Labute approximate surface area is 180 Å². The minimum Gasteiger partial charge on any atom is -0.456 e. The third kappa shape index (κ3) is 7.74. The maximum Gasteiger partial charge on any atom is 0.306 e. The molecule has 31 heavy (non-hydrogen) atoms. The third-order valence-corrected chi connectivity index (χ3v) is 4.02. The lowest BCUT2D eigenvalue weighted by molar-refractivity contribution is -0.384. The smallest absolute Gasteiger partial charge is 0.306 e. The lowest BCUT2D eigenvalue weighted by Crippen LogP contribution is -2.41. The molecule has 162 valence electrons. The first kappa shape index (κ1) is 23.3. The van der Waals surface area contributed by atoms with Crippen LogP contribution in [0.1, 0.15) is 23.2 Å². The van der Waals surface area contributed by atoms with Crippen LogP contribution in [0, 0.1) is 10.1 Å². The number of hydrazine groups is 1. The first-order valence-corrected chi connectivity index (χ1v) is 9.17. The van der Waals surface area contributed by atoms with Crippen LogP contribution in [0.2, 0.25) is 5.02 Å². The number of hydrogen-bond acceptors (Lipinski definition) is 7. The Hall–Kier alpha value is -3.99. The van der Waals surface area contributed by atoms with E-state index in [1.54, 1.807) is 12.1 Å². The predicted molar refractivity (Wildman–Crippen MR) is 109 cm³/mol. The molecule has 0 fully saturated rings. The number of nitrogens with zero attached hydrogens (tertiary/aromatic N) is 1. The van der Waals surface area contributed by atoms with E-state index in [2.05, 4.69) is 16.2 Å². The highest BCUT2D eigenvalue weighted by Crippen LogP contribution is 2.17. The number of non-ortho nitro benzene ring substituents is 1. The molecule has 0 aliphatic carbocycles. The summed E-state index contributed by atoms with van der Waals surface area (Å²) in [4.78, 5) is 57.2. The number of amides is 3. The molecule has 2 rings (SSSR count). The largest absolute Gasteiger partial charge is 0.456 e. The zero-order valence-electron chi connectivity index (χ0n) is 15.9. The Morgan fingerprint density at radius 2 is 1.71 bits per heavy atom. The molecular weight excluding hydrogens is 432 g/mol. The quantitative estimate of drug-likeness (QED) is 0.316. The van der Waals surface area contributed by atoms with Gasteiger partial charge in [-0.3, -0.25) is 40.1 Å². The summed E-state index contributed by atoms with van der Waals surface area (Å²) in [7, 11) is 0. The molecule has 0 saturated heterocycles. The van der Waals surface area contributed by atoms with Crippen LogP contribution in [0.15, 0.2) is 48.5 Å². The standard InChI is InChI=1S/C19H17ClN4O7/c20-15-7-2-1-6-14(15)19(28)23-22-16(25)8-9-18(27)31-11-17(26)21-12-4-3-5-13(10-12)24(29)30/h1-7,10H,8-9,11H2,(H,21,26)(H,22,25)(H,23,28). The number of nitro groups is 1. The molecule has 11 nitrogen and oxygen atoms in total. The fourth-order valence-electron chi connectivity index (χ4n) is 2.23. The first-order valence-electron chi connectivity index (χ1n) is 8.80. The van der Waals surface area contributed by atoms with Crippen molar-refractivity contribution in [3.63, 3.8) is 0 Å². The first-order chi connectivity index (χ1) is 14.8. The van der Waals surface area contributed by atoms with Gasteiger partial charge in [0, 0.05) is 24.2 Å². The molecule has 0 spiro atoms. The summed E-state index contributed by atoms with van der Waals surface area (Å²) in [6.07, 6.45) is -0.633. The summed E-state index contributed by atoms with van der Waals surface area (Å²) in [6.45, 7) is -0.633.